The van der Waals surface area contributed by atoms with Gasteiger partial charge in [-0.3, -0.25) is 0 Å². The summed E-state index contributed by atoms with van der Waals surface area (Å²) in [5.41, 5.74) is 2.36. The Bertz CT molecular complexity index is 533. The van der Waals surface area contributed by atoms with E-state index in [1.165, 1.54) is 4.31 Å². The van der Waals surface area contributed by atoms with Gasteiger partial charge in [0.15, 0.2) is 0 Å². The van der Waals surface area contributed by atoms with Gasteiger partial charge in [0, 0.05) is 25.3 Å². The lowest BCUT2D eigenvalue weighted by molar-refractivity contribution is 0.257. The number of aliphatic hydroxyl groups is 1. The number of aryl methyl sites for hydroxylation is 2. The molecule has 0 radical (unpaired) electrons. The highest BCUT2D eigenvalue weighted by molar-refractivity contribution is 7.89. The summed E-state index contributed by atoms with van der Waals surface area (Å²) in [5, 5.41) is 12.2. The molecule has 0 amide bonds. The maximum Gasteiger partial charge on any atom is 0.243 e. The monoisotopic (exact) mass is 300 g/mol. The van der Waals surface area contributed by atoms with E-state index in [4.69, 9.17) is 5.11 Å². The molecule has 0 atom stereocenters. The minimum Gasteiger partial charge on any atom is -0.395 e. The minimum absolute atomic E-state index is 0.118. The van der Waals surface area contributed by atoms with Gasteiger partial charge in [-0.05, 0) is 44.0 Å². The van der Waals surface area contributed by atoms with Crippen molar-refractivity contribution < 1.29 is 13.5 Å². The first-order valence-electron chi connectivity index (χ1n) is 6.84. The summed E-state index contributed by atoms with van der Waals surface area (Å²) in [5.74, 6) is 0. The largest absolute Gasteiger partial charge is 0.395 e. The van der Waals surface area contributed by atoms with Crippen molar-refractivity contribution in [2.75, 3.05) is 31.6 Å². The summed E-state index contributed by atoms with van der Waals surface area (Å²) in [4.78, 5) is 0.342. The summed E-state index contributed by atoms with van der Waals surface area (Å²) < 4.78 is 26.6. The zero-order chi connectivity index (χ0) is 15.3. The number of nitrogens with one attached hydrogen (secondary N) is 1. The Morgan fingerprint density at radius 2 is 1.75 bits per heavy atom. The summed E-state index contributed by atoms with van der Waals surface area (Å²) in [6.45, 7) is 8.43. The van der Waals surface area contributed by atoms with E-state index >= 15 is 0 Å². The maximum absolute atomic E-state index is 12.7. The van der Waals surface area contributed by atoms with E-state index in [9.17, 15) is 8.42 Å². The molecule has 20 heavy (non-hydrogen) atoms. The van der Waals surface area contributed by atoms with Crippen LogP contribution in [0.4, 0.5) is 5.69 Å². The third kappa shape index (κ3) is 3.50. The van der Waals surface area contributed by atoms with Crippen molar-refractivity contribution in [3.8, 4) is 0 Å². The molecule has 0 unspecified atom stereocenters. The molecule has 0 heterocycles. The predicted octanol–water partition coefficient (Wildman–Crippen LogP) is 1.74. The van der Waals surface area contributed by atoms with Crippen LogP contribution in [0.15, 0.2) is 17.0 Å². The van der Waals surface area contributed by atoms with E-state index in [2.05, 4.69) is 5.32 Å². The first kappa shape index (κ1) is 16.9. The average molecular weight is 300 g/mol. The summed E-state index contributed by atoms with van der Waals surface area (Å²) in [7, 11) is -3.56. The summed E-state index contributed by atoms with van der Waals surface area (Å²) >= 11 is 0. The van der Waals surface area contributed by atoms with Crippen LogP contribution in [0.3, 0.4) is 0 Å². The molecule has 1 aromatic carbocycles. The molecule has 0 spiro atoms. The molecule has 0 saturated heterocycles. The Morgan fingerprint density at radius 1 is 1.20 bits per heavy atom. The van der Waals surface area contributed by atoms with E-state index < -0.39 is 10.0 Å². The zero-order valence-corrected chi connectivity index (χ0v) is 13.4. The van der Waals surface area contributed by atoms with Crippen LogP contribution in [-0.4, -0.2) is 44.1 Å². The van der Waals surface area contributed by atoms with Crippen LogP contribution in [0.1, 0.15) is 25.0 Å². The molecule has 0 aromatic heterocycles. The van der Waals surface area contributed by atoms with Gasteiger partial charge in [-0.15, -0.1) is 0 Å². The number of rotatable bonds is 7. The quantitative estimate of drug-likeness (QED) is 0.805. The van der Waals surface area contributed by atoms with E-state index in [1.807, 2.05) is 19.1 Å². The minimum atomic E-state index is -3.56. The van der Waals surface area contributed by atoms with Gasteiger partial charge < -0.3 is 10.4 Å². The Kier molecular flexibility index (Phi) is 5.98. The van der Waals surface area contributed by atoms with Crippen LogP contribution in [0.25, 0.3) is 0 Å². The van der Waals surface area contributed by atoms with Crippen LogP contribution in [-0.2, 0) is 10.0 Å². The van der Waals surface area contributed by atoms with Crippen molar-refractivity contribution in [3.05, 3.63) is 23.3 Å². The predicted molar refractivity (Wildman–Crippen MR) is 81.6 cm³/mol. The van der Waals surface area contributed by atoms with Gasteiger partial charge in [0.25, 0.3) is 0 Å². The summed E-state index contributed by atoms with van der Waals surface area (Å²) in [6, 6.07) is 3.69. The Labute approximate surface area is 121 Å². The van der Waals surface area contributed by atoms with Crippen molar-refractivity contribution >= 4 is 15.7 Å². The molecule has 1 aromatic rings. The Balaban J connectivity index is 3.31. The van der Waals surface area contributed by atoms with Gasteiger partial charge in [-0.25, -0.2) is 8.42 Å². The number of likely N-dealkylation sites (N-methyl/N-ethyl adjacent to an activating group) is 1. The van der Waals surface area contributed by atoms with Gasteiger partial charge in [-0.2, -0.15) is 4.31 Å². The number of hydrogen-bond acceptors (Lipinski definition) is 4. The van der Waals surface area contributed by atoms with Gasteiger partial charge >= 0.3 is 0 Å². The number of hydrogen-bond donors (Lipinski definition) is 2. The second-order valence-corrected chi connectivity index (χ2v) is 6.56. The smallest absolute Gasteiger partial charge is 0.243 e. The zero-order valence-electron chi connectivity index (χ0n) is 12.6. The van der Waals surface area contributed by atoms with E-state index in [-0.39, 0.29) is 13.2 Å². The Hall–Kier alpha value is -1.11. The van der Waals surface area contributed by atoms with Crippen molar-refractivity contribution in [1.82, 2.24) is 4.31 Å². The van der Waals surface area contributed by atoms with Crippen LogP contribution < -0.4 is 5.32 Å². The highest BCUT2D eigenvalue weighted by Crippen LogP contribution is 2.27. The SMILES string of the molecule is CCNc1cc(C)c(S(=O)(=O)N(CC)CCO)c(C)c1. The third-order valence-corrected chi connectivity index (χ3v) is 5.42. The molecule has 0 bridgehead atoms. The van der Waals surface area contributed by atoms with Crippen LogP contribution >= 0.6 is 0 Å². The van der Waals surface area contributed by atoms with Crippen molar-refractivity contribution in [2.45, 2.75) is 32.6 Å². The number of sulfonamides is 1. The molecule has 0 saturated carbocycles. The lowest BCUT2D eigenvalue weighted by Crippen LogP contribution is -2.34. The topological polar surface area (TPSA) is 69.6 Å². The molecule has 0 aliphatic rings. The molecular weight excluding hydrogens is 276 g/mol. The molecule has 0 aliphatic carbocycles. The molecule has 5 nitrogen and oxygen atoms in total. The fourth-order valence-corrected chi connectivity index (χ4v) is 4.20. The second-order valence-electron chi connectivity index (χ2n) is 4.69. The molecule has 0 fully saturated rings. The molecule has 114 valence electrons. The van der Waals surface area contributed by atoms with Gasteiger partial charge in [0.05, 0.1) is 11.5 Å². The number of nitrogens with zero attached hydrogens (tertiary/aromatic N) is 1. The standard InChI is InChI=1S/C14H24N2O3S/c1-5-15-13-9-11(3)14(12(4)10-13)20(18,19)16(6-2)7-8-17/h9-10,15,17H,5-8H2,1-4H3. The average Bonchev–Trinajstić information content (AvgIpc) is 2.34. The molecule has 1 rings (SSSR count). The second kappa shape index (κ2) is 7.06. The van der Waals surface area contributed by atoms with Crippen LogP contribution in [0.2, 0.25) is 0 Å². The molecule has 2 N–H and O–H groups in total. The number of aliphatic hydroxyl groups excluding tert-OH is 1. The summed E-state index contributed by atoms with van der Waals surface area (Å²) in [6.07, 6.45) is 0. The Morgan fingerprint density at radius 3 is 2.15 bits per heavy atom. The van der Waals surface area contributed by atoms with E-state index in [1.54, 1.807) is 20.8 Å². The molecular formula is C14H24N2O3S. The van der Waals surface area contributed by atoms with Crippen molar-refractivity contribution in [3.63, 3.8) is 0 Å². The fraction of sp³-hybridized carbons (Fsp3) is 0.571. The van der Waals surface area contributed by atoms with Gasteiger partial charge in [-0.1, -0.05) is 6.92 Å². The lowest BCUT2D eigenvalue weighted by atomic mass is 10.1. The van der Waals surface area contributed by atoms with E-state index in [0.717, 1.165) is 23.4 Å². The first-order valence-corrected chi connectivity index (χ1v) is 8.28. The van der Waals surface area contributed by atoms with E-state index in [0.29, 0.717) is 11.4 Å². The van der Waals surface area contributed by atoms with Gasteiger partial charge in [0.2, 0.25) is 10.0 Å². The number of anilines is 1. The highest BCUT2D eigenvalue weighted by atomic mass is 32.2. The van der Waals surface area contributed by atoms with Gasteiger partial charge in [0.1, 0.15) is 0 Å². The fourth-order valence-electron chi connectivity index (χ4n) is 2.35. The van der Waals surface area contributed by atoms with Crippen LogP contribution in [0.5, 0.6) is 0 Å². The van der Waals surface area contributed by atoms with Crippen molar-refractivity contribution in [1.29, 1.82) is 0 Å². The maximum atomic E-state index is 12.7. The lowest BCUT2D eigenvalue weighted by Gasteiger charge is -2.22. The normalized spacial score (nSPS) is 11.9. The van der Waals surface area contributed by atoms with Crippen LogP contribution in [0, 0.1) is 13.8 Å². The molecule has 6 heteroatoms. The number of benzene rings is 1. The van der Waals surface area contributed by atoms with Crippen molar-refractivity contribution in [2.24, 2.45) is 0 Å². The highest BCUT2D eigenvalue weighted by Gasteiger charge is 2.26. The first-order chi connectivity index (χ1) is 9.38. The third-order valence-electron chi connectivity index (χ3n) is 3.14. The molecule has 0 aliphatic heterocycles.